The van der Waals surface area contributed by atoms with Crippen LogP contribution < -0.4 is 5.32 Å². The fourth-order valence-corrected chi connectivity index (χ4v) is 5.00. The van der Waals surface area contributed by atoms with Gasteiger partial charge in [0.1, 0.15) is 5.69 Å². The number of carbonyl (C=O) groups excluding carboxylic acids is 1. The zero-order valence-corrected chi connectivity index (χ0v) is 17.7. The molecule has 3 aromatic rings. The first kappa shape index (κ1) is 20.4. The summed E-state index contributed by atoms with van der Waals surface area (Å²) in [5, 5.41) is 9.37. The van der Waals surface area contributed by atoms with E-state index in [9.17, 15) is 13.2 Å². The first-order valence-corrected chi connectivity index (χ1v) is 11.3. The van der Waals surface area contributed by atoms with Crippen molar-refractivity contribution in [3.8, 4) is 11.5 Å². The minimum Gasteiger partial charge on any atom is -0.442 e. The lowest BCUT2D eigenvalue weighted by molar-refractivity contribution is -0.120. The second-order valence-electron chi connectivity index (χ2n) is 7.58. The minimum absolute atomic E-state index is 0.124. The highest BCUT2D eigenvalue weighted by Gasteiger charge is 2.35. The fourth-order valence-electron chi connectivity index (χ4n) is 3.56. The Kier molecular flexibility index (Phi) is 5.48. The highest BCUT2D eigenvalue weighted by atomic mass is 32.2. The molecule has 1 fully saturated rings. The normalized spacial score (nSPS) is 17.7. The summed E-state index contributed by atoms with van der Waals surface area (Å²) in [6.07, 6.45) is 2.81. The summed E-state index contributed by atoms with van der Waals surface area (Å²) in [6, 6.07) is 10.5. The van der Waals surface area contributed by atoms with Crippen LogP contribution in [0.2, 0.25) is 0 Å². The molecule has 9 heteroatoms. The van der Waals surface area contributed by atoms with Crippen molar-refractivity contribution in [2.24, 2.45) is 5.92 Å². The van der Waals surface area contributed by atoms with Crippen molar-refractivity contribution in [3.05, 3.63) is 53.7 Å². The number of benzene rings is 1. The Hall–Kier alpha value is -2.91. The molecule has 4 rings (SSSR count). The molecule has 1 saturated heterocycles. The monoisotopic (exact) mass is 428 g/mol. The molecule has 30 heavy (non-hydrogen) atoms. The summed E-state index contributed by atoms with van der Waals surface area (Å²) in [4.78, 5) is 12.8. The number of carbonyl (C=O) groups is 1. The van der Waals surface area contributed by atoms with Crippen LogP contribution in [-0.4, -0.2) is 41.9 Å². The van der Waals surface area contributed by atoms with Gasteiger partial charge in [0.15, 0.2) is 5.76 Å². The van der Waals surface area contributed by atoms with Gasteiger partial charge in [-0.15, -0.1) is 0 Å². The van der Waals surface area contributed by atoms with Gasteiger partial charge < -0.3 is 9.73 Å². The molecule has 0 bridgehead atoms. The van der Waals surface area contributed by atoms with Gasteiger partial charge in [-0.1, -0.05) is 6.07 Å². The van der Waals surface area contributed by atoms with Crippen LogP contribution in [0.4, 0.5) is 5.69 Å². The van der Waals surface area contributed by atoms with Crippen molar-refractivity contribution >= 4 is 21.6 Å². The van der Waals surface area contributed by atoms with Gasteiger partial charge in [0.2, 0.25) is 11.0 Å². The average molecular weight is 429 g/mol. The summed E-state index contributed by atoms with van der Waals surface area (Å²) in [6.45, 7) is 4.48. The van der Waals surface area contributed by atoms with Crippen molar-refractivity contribution in [2.45, 2.75) is 31.8 Å². The van der Waals surface area contributed by atoms with E-state index in [1.807, 2.05) is 32.0 Å². The smallest absolute Gasteiger partial charge is 0.276 e. The number of nitrogens with one attached hydrogen (secondary N) is 2. The van der Waals surface area contributed by atoms with E-state index in [1.54, 1.807) is 18.3 Å². The lowest BCUT2D eigenvalue weighted by Gasteiger charge is -2.30. The Labute approximate surface area is 175 Å². The number of sulfonamides is 1. The molecule has 0 saturated carbocycles. The van der Waals surface area contributed by atoms with Crippen molar-refractivity contribution < 1.29 is 17.6 Å². The Morgan fingerprint density at radius 1 is 1.20 bits per heavy atom. The van der Waals surface area contributed by atoms with E-state index >= 15 is 0 Å². The molecular formula is C21H24N4O4S. The van der Waals surface area contributed by atoms with Gasteiger partial charge in [-0.05, 0) is 68.1 Å². The molecule has 0 radical (unpaired) electrons. The van der Waals surface area contributed by atoms with Gasteiger partial charge in [-0.25, -0.2) is 8.42 Å². The summed E-state index contributed by atoms with van der Waals surface area (Å²) < 4.78 is 33.0. The molecule has 2 N–H and O–H groups in total. The third-order valence-electron chi connectivity index (χ3n) is 5.47. The quantitative estimate of drug-likeness (QED) is 0.648. The second-order valence-corrected chi connectivity index (χ2v) is 9.45. The summed E-state index contributed by atoms with van der Waals surface area (Å²) in [5.74, 6) is -0.194. The van der Waals surface area contributed by atoms with Crippen LogP contribution in [0.3, 0.4) is 0 Å². The first-order chi connectivity index (χ1) is 14.3. The Morgan fingerprint density at radius 3 is 2.77 bits per heavy atom. The van der Waals surface area contributed by atoms with Gasteiger partial charge >= 0.3 is 0 Å². The van der Waals surface area contributed by atoms with Gasteiger partial charge in [0, 0.05) is 25.0 Å². The number of H-pyrrole nitrogens is 1. The van der Waals surface area contributed by atoms with Crippen LogP contribution in [0.25, 0.3) is 11.5 Å². The lowest BCUT2D eigenvalue weighted by Crippen LogP contribution is -2.43. The third kappa shape index (κ3) is 4.03. The predicted octanol–water partition coefficient (Wildman–Crippen LogP) is 3.33. The molecule has 2 aromatic heterocycles. The summed E-state index contributed by atoms with van der Waals surface area (Å²) in [5.41, 5.74) is 3.56. The van der Waals surface area contributed by atoms with E-state index in [-0.39, 0.29) is 17.5 Å². The molecule has 1 unspecified atom stereocenters. The molecule has 0 aliphatic carbocycles. The number of anilines is 1. The zero-order valence-electron chi connectivity index (χ0n) is 16.9. The molecule has 158 valence electrons. The maximum absolute atomic E-state index is 13.1. The van der Waals surface area contributed by atoms with E-state index in [0.29, 0.717) is 30.8 Å². The number of nitrogens with zero attached hydrogens (tertiary/aromatic N) is 2. The molecule has 1 amide bonds. The Balaban J connectivity index is 1.47. The number of aryl methyl sites for hydroxylation is 2. The lowest BCUT2D eigenvalue weighted by atomic mass is 9.98. The molecular weight excluding hydrogens is 404 g/mol. The number of hydrogen-bond acceptors (Lipinski definition) is 5. The zero-order chi connectivity index (χ0) is 21.3. The molecule has 1 aliphatic rings. The summed E-state index contributed by atoms with van der Waals surface area (Å²) >= 11 is 0. The number of amides is 1. The van der Waals surface area contributed by atoms with E-state index in [0.717, 1.165) is 16.8 Å². The SMILES string of the molecule is Cc1ccc(NC(=O)C2CCCN(S(=O)(=O)c3ccc(-c4ccn[nH]4)o3)C2)cc1C. The van der Waals surface area contributed by atoms with Gasteiger partial charge in [-0.3, -0.25) is 9.89 Å². The number of piperidine rings is 1. The number of furan rings is 1. The van der Waals surface area contributed by atoms with Gasteiger partial charge in [0.05, 0.1) is 5.92 Å². The molecule has 8 nitrogen and oxygen atoms in total. The van der Waals surface area contributed by atoms with Crippen LogP contribution >= 0.6 is 0 Å². The third-order valence-corrected chi connectivity index (χ3v) is 7.21. The topological polar surface area (TPSA) is 108 Å². The number of aromatic nitrogens is 2. The highest BCUT2D eigenvalue weighted by Crippen LogP contribution is 2.28. The van der Waals surface area contributed by atoms with Crippen molar-refractivity contribution in [3.63, 3.8) is 0 Å². The second kappa shape index (κ2) is 8.08. The average Bonchev–Trinajstić information content (AvgIpc) is 3.43. The molecule has 3 heterocycles. The summed E-state index contributed by atoms with van der Waals surface area (Å²) in [7, 11) is -3.83. The highest BCUT2D eigenvalue weighted by molar-refractivity contribution is 7.89. The van der Waals surface area contributed by atoms with E-state index in [4.69, 9.17) is 4.42 Å². The maximum Gasteiger partial charge on any atom is 0.276 e. The fraction of sp³-hybridized carbons (Fsp3) is 0.333. The van der Waals surface area contributed by atoms with Crippen LogP contribution in [0.15, 0.2) is 52.1 Å². The first-order valence-electron chi connectivity index (χ1n) is 9.82. The minimum atomic E-state index is -3.83. The van der Waals surface area contributed by atoms with Crippen molar-refractivity contribution in [1.82, 2.24) is 14.5 Å². The standard InChI is InChI=1S/C21H24N4O4S/c1-14-5-6-17(12-15(14)2)23-21(26)16-4-3-11-25(13-16)30(27,28)20-8-7-19(29-20)18-9-10-22-24-18/h5-10,12,16H,3-4,11,13H2,1-2H3,(H,22,24)(H,23,26). The van der Waals surface area contributed by atoms with Crippen LogP contribution in [0.1, 0.15) is 24.0 Å². The van der Waals surface area contributed by atoms with E-state index < -0.39 is 15.9 Å². The maximum atomic E-state index is 13.1. The van der Waals surface area contributed by atoms with Gasteiger partial charge in [-0.2, -0.15) is 9.40 Å². The number of hydrogen-bond donors (Lipinski definition) is 2. The Morgan fingerprint density at radius 2 is 2.03 bits per heavy atom. The molecule has 1 aromatic carbocycles. The van der Waals surface area contributed by atoms with Crippen molar-refractivity contribution in [2.75, 3.05) is 18.4 Å². The predicted molar refractivity (Wildman–Crippen MR) is 112 cm³/mol. The van der Waals surface area contributed by atoms with E-state index in [1.165, 1.54) is 10.4 Å². The van der Waals surface area contributed by atoms with Crippen molar-refractivity contribution in [1.29, 1.82) is 0 Å². The van der Waals surface area contributed by atoms with Crippen LogP contribution in [0.5, 0.6) is 0 Å². The van der Waals surface area contributed by atoms with Crippen LogP contribution in [-0.2, 0) is 14.8 Å². The molecule has 0 spiro atoms. The largest absolute Gasteiger partial charge is 0.442 e. The molecule has 1 aliphatic heterocycles. The van der Waals surface area contributed by atoms with Gasteiger partial charge in [0.25, 0.3) is 10.0 Å². The van der Waals surface area contributed by atoms with E-state index in [2.05, 4.69) is 15.5 Å². The molecule has 1 atom stereocenters. The number of rotatable bonds is 5. The number of aromatic amines is 1. The van der Waals surface area contributed by atoms with Crippen LogP contribution in [0, 0.1) is 19.8 Å². The Bertz CT molecular complexity index is 1150.